The van der Waals surface area contributed by atoms with E-state index < -0.39 is 5.41 Å². The van der Waals surface area contributed by atoms with Gasteiger partial charge in [0.25, 0.3) is 0 Å². The molecule has 1 aliphatic rings. The molecule has 0 radical (unpaired) electrons. The van der Waals surface area contributed by atoms with Crippen molar-refractivity contribution in [2.75, 3.05) is 0 Å². The number of hydrogen-bond donors (Lipinski definition) is 0. The van der Waals surface area contributed by atoms with Gasteiger partial charge < -0.3 is 0 Å². The second-order valence-electron chi connectivity index (χ2n) is 7.26. The van der Waals surface area contributed by atoms with Crippen LogP contribution in [0.3, 0.4) is 0 Å². The van der Waals surface area contributed by atoms with Crippen LogP contribution in [-0.4, -0.2) is 5.78 Å². The molecule has 0 amide bonds. The third kappa shape index (κ3) is 3.48. The van der Waals surface area contributed by atoms with Crippen molar-refractivity contribution < 1.29 is 4.79 Å². The fraction of sp³-hybridized carbons (Fsp3) is 0.148. The monoisotopic (exact) mass is 364 g/mol. The number of allylic oxidation sites excluding steroid dienone is 4. The predicted octanol–water partition coefficient (Wildman–Crippen LogP) is 6.52. The predicted molar refractivity (Wildman–Crippen MR) is 116 cm³/mol. The summed E-state index contributed by atoms with van der Waals surface area (Å²) in [7, 11) is 0. The van der Waals surface area contributed by atoms with Crippen molar-refractivity contribution in [1.82, 2.24) is 0 Å². The van der Waals surface area contributed by atoms with Gasteiger partial charge in [-0.2, -0.15) is 0 Å². The molecule has 0 spiro atoms. The molecule has 0 aliphatic heterocycles. The van der Waals surface area contributed by atoms with E-state index in [1.807, 2.05) is 42.5 Å². The summed E-state index contributed by atoms with van der Waals surface area (Å²) in [6, 6.07) is 30.6. The quantitative estimate of drug-likeness (QED) is 0.455. The molecule has 0 saturated heterocycles. The van der Waals surface area contributed by atoms with Gasteiger partial charge in [0.05, 0.1) is 0 Å². The average Bonchev–Trinajstić information content (AvgIpc) is 2.80. The summed E-state index contributed by atoms with van der Waals surface area (Å²) in [6.07, 6.45) is 8.93. The second kappa shape index (κ2) is 8.22. The molecule has 3 aromatic rings. The first-order chi connectivity index (χ1) is 13.8. The smallest absolute Gasteiger partial charge is 0.164 e. The lowest BCUT2D eigenvalue weighted by Gasteiger charge is -2.38. The van der Waals surface area contributed by atoms with E-state index in [9.17, 15) is 4.79 Å². The van der Waals surface area contributed by atoms with Crippen LogP contribution in [0.1, 0.15) is 40.7 Å². The van der Waals surface area contributed by atoms with E-state index in [0.717, 1.165) is 18.4 Å². The minimum absolute atomic E-state index is 0.170. The second-order valence-corrected chi connectivity index (χ2v) is 7.26. The van der Waals surface area contributed by atoms with Crippen molar-refractivity contribution in [2.24, 2.45) is 0 Å². The van der Waals surface area contributed by atoms with Crippen LogP contribution in [0.5, 0.6) is 0 Å². The van der Waals surface area contributed by atoms with E-state index in [1.54, 1.807) is 0 Å². The largest absolute Gasteiger partial charge is 0.294 e. The van der Waals surface area contributed by atoms with Crippen LogP contribution >= 0.6 is 0 Å². The Hall–Kier alpha value is -3.19. The minimum Gasteiger partial charge on any atom is -0.294 e. The maximum absolute atomic E-state index is 13.4. The van der Waals surface area contributed by atoms with Gasteiger partial charge in [0, 0.05) is 17.4 Å². The lowest BCUT2D eigenvalue weighted by molar-refractivity contribution is 0.0964. The first-order valence-corrected chi connectivity index (χ1v) is 9.86. The van der Waals surface area contributed by atoms with Crippen molar-refractivity contribution in [3.05, 3.63) is 131 Å². The van der Waals surface area contributed by atoms with Crippen LogP contribution in [0.2, 0.25) is 0 Å². The van der Waals surface area contributed by atoms with Crippen molar-refractivity contribution >= 4 is 5.78 Å². The Balaban J connectivity index is 1.91. The highest BCUT2D eigenvalue weighted by Gasteiger charge is 2.40. The fourth-order valence-electron chi connectivity index (χ4n) is 4.23. The summed E-state index contributed by atoms with van der Waals surface area (Å²) in [5, 5.41) is 0. The molecule has 0 bridgehead atoms. The van der Waals surface area contributed by atoms with Crippen LogP contribution in [0.4, 0.5) is 0 Å². The molecule has 0 atom stereocenters. The first-order valence-electron chi connectivity index (χ1n) is 9.86. The number of carbonyl (C=O) groups is 1. The van der Waals surface area contributed by atoms with E-state index in [-0.39, 0.29) is 5.78 Å². The molecule has 4 rings (SSSR count). The van der Waals surface area contributed by atoms with E-state index in [2.05, 4.69) is 66.8 Å². The Morgan fingerprint density at radius 1 is 0.750 bits per heavy atom. The van der Waals surface area contributed by atoms with Crippen LogP contribution in [-0.2, 0) is 5.41 Å². The number of ketones is 1. The van der Waals surface area contributed by atoms with Crippen LogP contribution in [0.15, 0.2) is 115 Å². The van der Waals surface area contributed by atoms with E-state index >= 15 is 0 Å². The van der Waals surface area contributed by atoms with Gasteiger partial charge in [-0.15, -0.1) is 0 Å². The number of hydrogen-bond acceptors (Lipinski definition) is 1. The molecule has 3 aromatic carbocycles. The van der Waals surface area contributed by atoms with Crippen LogP contribution in [0, 0.1) is 0 Å². The van der Waals surface area contributed by atoms with Crippen molar-refractivity contribution in [1.29, 1.82) is 0 Å². The zero-order valence-corrected chi connectivity index (χ0v) is 15.9. The highest BCUT2D eigenvalue weighted by Crippen LogP contribution is 2.45. The lowest BCUT2D eigenvalue weighted by Crippen LogP contribution is -2.34. The van der Waals surface area contributed by atoms with E-state index in [1.165, 1.54) is 16.7 Å². The Bertz CT molecular complexity index is 943. The summed E-state index contributed by atoms with van der Waals surface area (Å²) >= 11 is 0. The van der Waals surface area contributed by atoms with Gasteiger partial charge in [-0.3, -0.25) is 4.79 Å². The Kier molecular flexibility index (Phi) is 5.34. The van der Waals surface area contributed by atoms with Gasteiger partial charge in [-0.05, 0) is 24.0 Å². The summed E-state index contributed by atoms with van der Waals surface area (Å²) in [6.45, 7) is 0. The minimum atomic E-state index is -0.458. The van der Waals surface area contributed by atoms with Gasteiger partial charge >= 0.3 is 0 Å². The molecule has 138 valence electrons. The van der Waals surface area contributed by atoms with Gasteiger partial charge in [-0.1, -0.05) is 115 Å². The molecule has 0 N–H and O–H groups in total. The third-order valence-corrected chi connectivity index (χ3v) is 5.62. The zero-order valence-electron chi connectivity index (χ0n) is 15.9. The normalized spacial score (nSPS) is 13.8. The van der Waals surface area contributed by atoms with E-state index in [4.69, 9.17) is 0 Å². The number of Topliss-reactive ketones (excluding diaryl/α,β-unsaturated/α-hetero) is 1. The summed E-state index contributed by atoms with van der Waals surface area (Å²) in [5.74, 6) is 0.170. The Morgan fingerprint density at radius 3 is 1.79 bits per heavy atom. The molecule has 0 heterocycles. The first kappa shape index (κ1) is 18.2. The molecule has 0 aromatic heterocycles. The Morgan fingerprint density at radius 2 is 1.29 bits per heavy atom. The summed E-state index contributed by atoms with van der Waals surface area (Å²) in [5.41, 5.74) is 3.96. The van der Waals surface area contributed by atoms with Gasteiger partial charge in [0.15, 0.2) is 5.78 Å². The van der Waals surface area contributed by atoms with Gasteiger partial charge in [0.1, 0.15) is 0 Å². The van der Waals surface area contributed by atoms with E-state index in [0.29, 0.717) is 6.42 Å². The van der Waals surface area contributed by atoms with Crippen molar-refractivity contribution in [2.45, 2.75) is 24.7 Å². The van der Waals surface area contributed by atoms with Gasteiger partial charge in [-0.25, -0.2) is 0 Å². The van der Waals surface area contributed by atoms with Crippen LogP contribution < -0.4 is 0 Å². The lowest BCUT2D eigenvalue weighted by atomic mass is 9.64. The molecule has 0 unspecified atom stereocenters. The number of rotatable bonds is 6. The highest BCUT2D eigenvalue weighted by atomic mass is 16.1. The molecule has 1 heteroatoms. The molecular weight excluding hydrogens is 340 g/mol. The van der Waals surface area contributed by atoms with Crippen LogP contribution in [0.25, 0.3) is 0 Å². The summed E-state index contributed by atoms with van der Waals surface area (Å²) < 4.78 is 0. The third-order valence-electron chi connectivity index (χ3n) is 5.62. The van der Waals surface area contributed by atoms with Crippen molar-refractivity contribution in [3.63, 3.8) is 0 Å². The maximum Gasteiger partial charge on any atom is 0.164 e. The molecule has 28 heavy (non-hydrogen) atoms. The number of benzene rings is 3. The number of carbonyl (C=O) groups excluding carboxylic acids is 1. The topological polar surface area (TPSA) is 17.1 Å². The molecule has 0 fully saturated rings. The molecule has 0 saturated carbocycles. The Labute approximate surface area is 167 Å². The fourth-order valence-corrected chi connectivity index (χ4v) is 4.23. The highest BCUT2D eigenvalue weighted by molar-refractivity contribution is 5.97. The summed E-state index contributed by atoms with van der Waals surface area (Å²) in [4.78, 5) is 13.4. The SMILES string of the molecule is O=C(CC(C1=CC=CCC1)(c1ccccc1)c1ccccc1)c1ccccc1. The standard InChI is InChI=1S/C27H24O/c28-26(22-13-5-1-6-14-22)21-27(23-15-7-2-8-16-23,24-17-9-3-10-18-24)25-19-11-4-12-20-25/h1-11,13-19H,12,20-21H2. The van der Waals surface area contributed by atoms with Gasteiger partial charge in [0.2, 0.25) is 0 Å². The van der Waals surface area contributed by atoms with Crippen molar-refractivity contribution in [3.8, 4) is 0 Å². The maximum atomic E-state index is 13.4. The molecular formula is C27H24O. The zero-order chi connectivity index (χ0) is 19.2. The average molecular weight is 364 g/mol. The molecule has 1 nitrogen and oxygen atoms in total. The molecule has 1 aliphatic carbocycles.